The standard InChI is InChI=1S/C26H36N2O4/c1-18(2)27-25(30)19(3)28(16-20-12-14-21(31-7)15-13-20)24(29)17-32-23-11-9-8-10-22(23)26(4,5)6/h8-15,18-19H,16-17H2,1-7H3,(H,27,30)/t19-/m1/s1. The maximum atomic E-state index is 13.2. The topological polar surface area (TPSA) is 67.9 Å². The lowest BCUT2D eigenvalue weighted by molar-refractivity contribution is -0.142. The molecule has 0 saturated heterocycles. The molecule has 0 unspecified atom stereocenters. The Balaban J connectivity index is 2.22. The summed E-state index contributed by atoms with van der Waals surface area (Å²) >= 11 is 0. The molecular formula is C26H36N2O4. The van der Waals surface area contributed by atoms with Crippen LogP contribution in [0.4, 0.5) is 0 Å². The third kappa shape index (κ3) is 7.01. The van der Waals surface area contributed by atoms with E-state index in [1.54, 1.807) is 18.9 Å². The molecule has 0 radical (unpaired) electrons. The average Bonchev–Trinajstić information content (AvgIpc) is 2.74. The van der Waals surface area contributed by atoms with E-state index >= 15 is 0 Å². The molecule has 32 heavy (non-hydrogen) atoms. The highest BCUT2D eigenvalue weighted by molar-refractivity contribution is 5.88. The van der Waals surface area contributed by atoms with Crippen LogP contribution in [0.2, 0.25) is 0 Å². The quantitative estimate of drug-likeness (QED) is 0.631. The first kappa shape index (κ1) is 25.2. The number of carbonyl (C=O) groups excluding carboxylic acids is 2. The number of nitrogens with one attached hydrogen (secondary N) is 1. The molecule has 0 heterocycles. The molecule has 0 spiro atoms. The Morgan fingerprint density at radius 2 is 1.62 bits per heavy atom. The van der Waals surface area contributed by atoms with Crippen LogP contribution >= 0.6 is 0 Å². The fraction of sp³-hybridized carbons (Fsp3) is 0.462. The van der Waals surface area contributed by atoms with Crippen molar-refractivity contribution in [2.75, 3.05) is 13.7 Å². The van der Waals surface area contributed by atoms with E-state index < -0.39 is 6.04 Å². The molecule has 1 atom stereocenters. The molecule has 0 aliphatic heterocycles. The second-order valence-electron chi connectivity index (χ2n) is 9.24. The minimum atomic E-state index is -0.645. The van der Waals surface area contributed by atoms with Crippen LogP contribution in [0, 0.1) is 0 Å². The zero-order chi connectivity index (χ0) is 23.9. The zero-order valence-electron chi connectivity index (χ0n) is 20.3. The molecule has 2 aromatic rings. The Labute approximate surface area is 191 Å². The van der Waals surface area contributed by atoms with E-state index in [1.165, 1.54) is 0 Å². The summed E-state index contributed by atoms with van der Waals surface area (Å²) in [7, 11) is 1.61. The van der Waals surface area contributed by atoms with Gasteiger partial charge in [-0.2, -0.15) is 0 Å². The van der Waals surface area contributed by atoms with Crippen molar-refractivity contribution in [2.24, 2.45) is 0 Å². The molecule has 0 saturated carbocycles. The SMILES string of the molecule is COc1ccc(CN(C(=O)COc2ccccc2C(C)(C)C)[C@H](C)C(=O)NC(C)C)cc1. The highest BCUT2D eigenvalue weighted by Crippen LogP contribution is 2.31. The fourth-order valence-electron chi connectivity index (χ4n) is 3.35. The lowest BCUT2D eigenvalue weighted by Crippen LogP contribution is -2.50. The van der Waals surface area contributed by atoms with Crippen LogP contribution in [0.1, 0.15) is 52.7 Å². The number of hydrogen-bond acceptors (Lipinski definition) is 4. The van der Waals surface area contributed by atoms with Crippen molar-refractivity contribution in [1.82, 2.24) is 10.2 Å². The Bertz CT molecular complexity index is 901. The van der Waals surface area contributed by atoms with Crippen molar-refractivity contribution in [3.63, 3.8) is 0 Å². The van der Waals surface area contributed by atoms with Crippen molar-refractivity contribution in [3.8, 4) is 11.5 Å². The van der Waals surface area contributed by atoms with Crippen molar-refractivity contribution in [1.29, 1.82) is 0 Å². The normalized spacial score (nSPS) is 12.2. The summed E-state index contributed by atoms with van der Waals surface area (Å²) in [4.78, 5) is 27.5. The van der Waals surface area contributed by atoms with E-state index in [2.05, 4.69) is 26.1 Å². The van der Waals surface area contributed by atoms with Gasteiger partial charge in [0.05, 0.1) is 7.11 Å². The number of nitrogens with zero attached hydrogens (tertiary/aromatic N) is 1. The van der Waals surface area contributed by atoms with E-state index in [1.807, 2.05) is 62.4 Å². The van der Waals surface area contributed by atoms with Gasteiger partial charge < -0.3 is 19.7 Å². The number of ether oxygens (including phenoxy) is 2. The maximum absolute atomic E-state index is 13.2. The van der Waals surface area contributed by atoms with Crippen LogP contribution in [-0.4, -0.2) is 42.5 Å². The van der Waals surface area contributed by atoms with Gasteiger partial charge in [0.15, 0.2) is 6.61 Å². The highest BCUT2D eigenvalue weighted by Gasteiger charge is 2.27. The van der Waals surface area contributed by atoms with E-state index in [9.17, 15) is 9.59 Å². The van der Waals surface area contributed by atoms with Gasteiger partial charge in [-0.15, -0.1) is 0 Å². The number of rotatable bonds is 9. The van der Waals surface area contributed by atoms with Gasteiger partial charge in [0.25, 0.3) is 5.91 Å². The largest absolute Gasteiger partial charge is 0.497 e. The van der Waals surface area contributed by atoms with Crippen molar-refractivity contribution >= 4 is 11.8 Å². The van der Waals surface area contributed by atoms with Gasteiger partial charge in [0.2, 0.25) is 5.91 Å². The van der Waals surface area contributed by atoms with Gasteiger partial charge >= 0.3 is 0 Å². The van der Waals surface area contributed by atoms with E-state index in [0.29, 0.717) is 12.3 Å². The summed E-state index contributed by atoms with van der Waals surface area (Å²) in [5.41, 5.74) is 1.81. The van der Waals surface area contributed by atoms with Crippen molar-refractivity contribution in [3.05, 3.63) is 59.7 Å². The second kappa shape index (κ2) is 11.0. The van der Waals surface area contributed by atoms with E-state index in [0.717, 1.165) is 16.9 Å². The fourth-order valence-corrected chi connectivity index (χ4v) is 3.35. The summed E-state index contributed by atoms with van der Waals surface area (Å²) in [5, 5.41) is 2.89. The van der Waals surface area contributed by atoms with Crippen LogP contribution in [0.3, 0.4) is 0 Å². The Kier molecular flexibility index (Phi) is 8.70. The molecule has 6 nitrogen and oxygen atoms in total. The Morgan fingerprint density at radius 3 is 2.19 bits per heavy atom. The molecule has 0 aliphatic carbocycles. The summed E-state index contributed by atoms with van der Waals surface area (Å²) in [6.07, 6.45) is 0. The summed E-state index contributed by atoms with van der Waals surface area (Å²) in [6, 6.07) is 14.5. The summed E-state index contributed by atoms with van der Waals surface area (Å²) in [5.74, 6) is 0.962. The van der Waals surface area contributed by atoms with Gasteiger partial charge in [0.1, 0.15) is 17.5 Å². The summed E-state index contributed by atoms with van der Waals surface area (Å²) in [6.45, 7) is 12.0. The minimum absolute atomic E-state index is 0.0159. The first-order valence-corrected chi connectivity index (χ1v) is 11.0. The Hall–Kier alpha value is -3.02. The number of para-hydroxylation sites is 1. The van der Waals surface area contributed by atoms with E-state index in [-0.39, 0.29) is 29.9 Å². The van der Waals surface area contributed by atoms with E-state index in [4.69, 9.17) is 9.47 Å². The van der Waals surface area contributed by atoms with Gasteiger partial charge in [-0.25, -0.2) is 0 Å². The average molecular weight is 441 g/mol. The highest BCUT2D eigenvalue weighted by atomic mass is 16.5. The smallest absolute Gasteiger partial charge is 0.261 e. The van der Waals surface area contributed by atoms with Gasteiger partial charge in [-0.3, -0.25) is 9.59 Å². The van der Waals surface area contributed by atoms with Crippen LogP contribution in [0.15, 0.2) is 48.5 Å². The third-order valence-electron chi connectivity index (χ3n) is 5.16. The van der Waals surface area contributed by atoms with Crippen molar-refractivity contribution in [2.45, 2.75) is 65.6 Å². The predicted octanol–water partition coefficient (Wildman–Crippen LogP) is 4.31. The molecule has 174 valence electrons. The van der Waals surface area contributed by atoms with Gasteiger partial charge in [0, 0.05) is 12.6 Å². The number of hydrogen-bond donors (Lipinski definition) is 1. The molecule has 2 aromatic carbocycles. The monoisotopic (exact) mass is 440 g/mol. The second-order valence-corrected chi connectivity index (χ2v) is 9.24. The zero-order valence-corrected chi connectivity index (χ0v) is 20.3. The van der Waals surface area contributed by atoms with Crippen molar-refractivity contribution < 1.29 is 19.1 Å². The Morgan fingerprint density at radius 1 is 1.00 bits per heavy atom. The molecule has 2 rings (SSSR count). The first-order valence-electron chi connectivity index (χ1n) is 11.0. The third-order valence-corrected chi connectivity index (χ3v) is 5.16. The van der Waals surface area contributed by atoms with Crippen LogP contribution in [0.25, 0.3) is 0 Å². The minimum Gasteiger partial charge on any atom is -0.497 e. The molecule has 2 amide bonds. The molecule has 1 N–H and O–H groups in total. The van der Waals surface area contributed by atoms with Crippen LogP contribution in [-0.2, 0) is 21.5 Å². The molecular weight excluding hydrogens is 404 g/mol. The molecule has 0 fully saturated rings. The lowest BCUT2D eigenvalue weighted by Gasteiger charge is -2.30. The number of carbonyl (C=O) groups is 2. The van der Waals surface area contributed by atoms with Gasteiger partial charge in [-0.05, 0) is 55.5 Å². The number of methoxy groups -OCH3 is 1. The lowest BCUT2D eigenvalue weighted by atomic mass is 9.86. The molecule has 0 aromatic heterocycles. The molecule has 0 aliphatic rings. The number of amides is 2. The predicted molar refractivity (Wildman–Crippen MR) is 127 cm³/mol. The summed E-state index contributed by atoms with van der Waals surface area (Å²) < 4.78 is 11.2. The van der Waals surface area contributed by atoms with Crippen LogP contribution in [0.5, 0.6) is 11.5 Å². The van der Waals surface area contributed by atoms with Gasteiger partial charge in [-0.1, -0.05) is 51.1 Å². The van der Waals surface area contributed by atoms with Crippen LogP contribution < -0.4 is 14.8 Å². The maximum Gasteiger partial charge on any atom is 0.261 e. The first-order chi connectivity index (χ1) is 15.0. The molecule has 0 bridgehead atoms. The molecule has 6 heteroatoms. The number of benzene rings is 2.